The van der Waals surface area contributed by atoms with Gasteiger partial charge in [0, 0.05) is 30.2 Å². The van der Waals surface area contributed by atoms with E-state index < -0.39 is 41.0 Å². The van der Waals surface area contributed by atoms with E-state index in [1.165, 1.54) is 4.90 Å². The molecule has 6 rings (SSSR count). The smallest absolute Gasteiger partial charge is 0.250 e. The average molecular weight is 669 g/mol. The highest BCUT2D eigenvalue weighted by Gasteiger charge is 2.79. The van der Waals surface area contributed by atoms with Crippen LogP contribution >= 0.6 is 0 Å². The van der Waals surface area contributed by atoms with Gasteiger partial charge >= 0.3 is 0 Å². The van der Waals surface area contributed by atoms with Gasteiger partial charge in [-0.2, -0.15) is 0 Å². The van der Waals surface area contributed by atoms with E-state index in [2.05, 4.69) is 29.4 Å². The third-order valence-electron chi connectivity index (χ3n) is 10.8. The molecule has 1 spiro atoms. The van der Waals surface area contributed by atoms with Crippen LogP contribution in [0.15, 0.2) is 78.9 Å². The van der Waals surface area contributed by atoms with E-state index in [0.29, 0.717) is 49.4 Å². The lowest BCUT2D eigenvalue weighted by Gasteiger charge is -2.37. The van der Waals surface area contributed by atoms with Crippen LogP contribution in [0.4, 0.5) is 17.1 Å². The molecule has 10 nitrogen and oxygen atoms in total. The number of amides is 3. The van der Waals surface area contributed by atoms with Crippen LogP contribution < -0.4 is 20.3 Å². The highest BCUT2D eigenvalue weighted by Crippen LogP contribution is 2.64. The molecule has 3 aliphatic rings. The monoisotopic (exact) mass is 668 g/mol. The summed E-state index contributed by atoms with van der Waals surface area (Å²) in [6.45, 7) is 9.97. The summed E-state index contributed by atoms with van der Waals surface area (Å²) in [5.41, 5.74) is 1.02. The van der Waals surface area contributed by atoms with E-state index in [0.717, 1.165) is 24.3 Å². The maximum absolute atomic E-state index is 14.8. The van der Waals surface area contributed by atoms with Crippen LogP contribution in [0, 0.1) is 11.8 Å². The molecule has 3 aromatic carbocycles. The van der Waals surface area contributed by atoms with E-state index >= 15 is 0 Å². The van der Waals surface area contributed by atoms with Crippen molar-refractivity contribution < 1.29 is 29.0 Å². The van der Waals surface area contributed by atoms with Gasteiger partial charge in [0.05, 0.1) is 36.7 Å². The predicted octanol–water partition coefficient (Wildman–Crippen LogP) is 5.27. The molecule has 3 heterocycles. The number of hydrogen-bond donors (Lipinski definition) is 3. The lowest BCUT2D eigenvalue weighted by molar-refractivity contribution is -0.148. The molecule has 0 radical (unpaired) electrons. The Balaban J connectivity index is 1.36. The van der Waals surface area contributed by atoms with Crippen molar-refractivity contribution in [2.45, 2.75) is 76.7 Å². The molecule has 10 heteroatoms. The Labute approximate surface area is 288 Å². The van der Waals surface area contributed by atoms with Crippen molar-refractivity contribution in [2.75, 3.05) is 41.8 Å². The normalized spacial score (nSPS) is 25.9. The Bertz CT molecular complexity index is 1630. The first-order chi connectivity index (χ1) is 23.7. The third kappa shape index (κ3) is 6.16. The highest BCUT2D eigenvalue weighted by molar-refractivity contribution is 6.05. The number of likely N-dealkylation sites (tertiary alicyclic amines) is 1. The largest absolute Gasteiger partial charge is 0.494 e. The van der Waals surface area contributed by atoms with Gasteiger partial charge < -0.3 is 35.0 Å². The van der Waals surface area contributed by atoms with Crippen LogP contribution in [0.2, 0.25) is 0 Å². The molecular weight excluding hydrogens is 620 g/mol. The van der Waals surface area contributed by atoms with Crippen molar-refractivity contribution in [2.24, 2.45) is 11.8 Å². The molecular formula is C39H48N4O6. The standard InChI is InChI=1S/C39H48N4O6/c1-5-38-22-23-39(49-38)33(32(38)35(45)40-28-16-20-31(21-17-28)48-8-4)37(47)43(30(25-44)24-26-12-10-9-11-13-26)34(39)36(46)41-27-14-18-29(19-15-27)42(6-2)7-3/h9-21,30,32-34,44H,5-8,22-25H2,1-4H3,(H,40,45)(H,41,46)/t30-,32-,33+,34?,38+,39?/m1/s1. The van der Waals surface area contributed by atoms with Crippen molar-refractivity contribution in [3.05, 3.63) is 84.4 Å². The van der Waals surface area contributed by atoms with E-state index in [1.54, 1.807) is 24.3 Å². The number of nitrogens with zero attached hydrogens (tertiary/aromatic N) is 2. The molecule has 3 aromatic rings. The summed E-state index contributed by atoms with van der Waals surface area (Å²) in [7, 11) is 0. The first-order valence-corrected chi connectivity index (χ1v) is 17.6. The van der Waals surface area contributed by atoms with Gasteiger partial charge in [0.1, 0.15) is 17.4 Å². The molecule has 3 amide bonds. The predicted molar refractivity (Wildman–Crippen MR) is 190 cm³/mol. The molecule has 49 heavy (non-hydrogen) atoms. The van der Waals surface area contributed by atoms with E-state index in [9.17, 15) is 19.5 Å². The van der Waals surface area contributed by atoms with Crippen LogP contribution in [0.5, 0.6) is 5.75 Å². The van der Waals surface area contributed by atoms with Crippen LogP contribution in [0.1, 0.15) is 52.5 Å². The first-order valence-electron chi connectivity index (χ1n) is 17.6. The second kappa shape index (κ2) is 14.2. The molecule has 260 valence electrons. The number of benzene rings is 3. The summed E-state index contributed by atoms with van der Waals surface area (Å²) in [5.74, 6) is -2.07. The van der Waals surface area contributed by atoms with E-state index in [1.807, 2.05) is 68.4 Å². The lowest BCUT2D eigenvalue weighted by Crippen LogP contribution is -2.57. The zero-order valence-corrected chi connectivity index (χ0v) is 28.9. The fraction of sp³-hybridized carbons (Fsp3) is 0.462. The number of hydrogen-bond acceptors (Lipinski definition) is 7. The third-order valence-corrected chi connectivity index (χ3v) is 10.8. The molecule has 6 atom stereocenters. The SMILES string of the molecule is CCOc1ccc(NC(=O)[C@H]2[C@H]3C(=O)N([C@@H](CO)Cc4ccccc4)C(C(=O)Nc4ccc(N(CC)CC)cc4)C34CC[C@]2(CC)O4)cc1. The Kier molecular flexibility index (Phi) is 9.99. The van der Waals surface area contributed by atoms with Gasteiger partial charge in [-0.25, -0.2) is 0 Å². The van der Waals surface area contributed by atoms with Gasteiger partial charge in [-0.3, -0.25) is 14.4 Å². The summed E-state index contributed by atoms with van der Waals surface area (Å²) < 4.78 is 12.5. The molecule has 2 bridgehead atoms. The number of aliphatic hydroxyl groups excluding tert-OH is 1. The molecule has 0 saturated carbocycles. The van der Waals surface area contributed by atoms with Crippen LogP contribution in [0.3, 0.4) is 0 Å². The van der Waals surface area contributed by atoms with Crippen LogP contribution in [-0.4, -0.2) is 77.3 Å². The maximum Gasteiger partial charge on any atom is 0.250 e. The quantitative estimate of drug-likeness (QED) is 0.214. The van der Waals surface area contributed by atoms with Gasteiger partial charge in [0.2, 0.25) is 17.7 Å². The lowest BCUT2D eigenvalue weighted by atomic mass is 9.65. The molecule has 3 fully saturated rings. The van der Waals surface area contributed by atoms with Crippen molar-refractivity contribution >= 4 is 34.8 Å². The van der Waals surface area contributed by atoms with Gasteiger partial charge in [-0.1, -0.05) is 37.3 Å². The first kappa shape index (κ1) is 34.5. The Morgan fingerprint density at radius 1 is 0.918 bits per heavy atom. The van der Waals surface area contributed by atoms with Crippen LogP contribution in [0.25, 0.3) is 0 Å². The Hall–Kier alpha value is -4.41. The molecule has 3 saturated heterocycles. The number of carbonyl (C=O) groups excluding carboxylic acids is 3. The number of anilines is 3. The van der Waals surface area contributed by atoms with E-state index in [-0.39, 0.29) is 18.4 Å². The van der Waals surface area contributed by atoms with Crippen molar-refractivity contribution in [3.8, 4) is 5.75 Å². The number of ether oxygens (including phenoxy) is 2. The van der Waals surface area contributed by atoms with Gasteiger partial charge in [0.25, 0.3) is 0 Å². The van der Waals surface area contributed by atoms with Gasteiger partial charge in [-0.15, -0.1) is 0 Å². The zero-order valence-electron chi connectivity index (χ0n) is 28.9. The molecule has 0 aromatic heterocycles. The number of aliphatic hydroxyl groups is 1. The van der Waals surface area contributed by atoms with Crippen LogP contribution in [-0.2, 0) is 25.5 Å². The number of rotatable bonds is 14. The highest BCUT2D eigenvalue weighted by atomic mass is 16.5. The van der Waals surface area contributed by atoms with Crippen molar-refractivity contribution in [3.63, 3.8) is 0 Å². The molecule has 3 aliphatic heterocycles. The van der Waals surface area contributed by atoms with E-state index in [4.69, 9.17) is 9.47 Å². The molecule has 3 N–H and O–H groups in total. The minimum atomic E-state index is -1.23. The zero-order chi connectivity index (χ0) is 34.8. The fourth-order valence-corrected chi connectivity index (χ4v) is 8.46. The number of carbonyl (C=O) groups is 3. The summed E-state index contributed by atoms with van der Waals surface area (Å²) in [5, 5.41) is 16.9. The summed E-state index contributed by atoms with van der Waals surface area (Å²) >= 11 is 0. The summed E-state index contributed by atoms with van der Waals surface area (Å²) in [6.07, 6.45) is 1.83. The van der Waals surface area contributed by atoms with Crippen molar-refractivity contribution in [1.29, 1.82) is 0 Å². The minimum absolute atomic E-state index is 0.317. The second-order valence-corrected chi connectivity index (χ2v) is 13.3. The minimum Gasteiger partial charge on any atom is -0.494 e. The van der Waals surface area contributed by atoms with Gasteiger partial charge in [-0.05, 0) is 101 Å². The fourth-order valence-electron chi connectivity index (χ4n) is 8.46. The maximum atomic E-state index is 14.8. The van der Waals surface area contributed by atoms with Crippen molar-refractivity contribution in [1.82, 2.24) is 4.90 Å². The Morgan fingerprint density at radius 3 is 2.14 bits per heavy atom. The second-order valence-electron chi connectivity index (χ2n) is 13.3. The average Bonchev–Trinajstić information content (AvgIpc) is 3.73. The Morgan fingerprint density at radius 2 is 1.55 bits per heavy atom. The summed E-state index contributed by atoms with van der Waals surface area (Å²) in [6, 6.07) is 22.7. The molecule has 2 unspecified atom stereocenters. The number of nitrogens with one attached hydrogen (secondary N) is 2. The van der Waals surface area contributed by atoms with Gasteiger partial charge in [0.15, 0.2) is 0 Å². The topological polar surface area (TPSA) is 120 Å². The molecule has 0 aliphatic carbocycles. The number of fused-ring (bicyclic) bond motifs is 1. The summed E-state index contributed by atoms with van der Waals surface area (Å²) in [4.78, 5) is 47.4.